The number of hydrogen-bond acceptors (Lipinski definition) is 5. The van der Waals surface area contributed by atoms with Gasteiger partial charge in [-0.05, 0) is 48.4 Å². The zero-order valence-corrected chi connectivity index (χ0v) is 21.5. The fourth-order valence-electron chi connectivity index (χ4n) is 4.07. The first kappa shape index (κ1) is 30.5. The van der Waals surface area contributed by atoms with Crippen LogP contribution < -0.4 is 10.6 Å². The van der Waals surface area contributed by atoms with Gasteiger partial charge in [0.1, 0.15) is 12.1 Å². The van der Waals surface area contributed by atoms with E-state index in [0.717, 1.165) is 0 Å². The van der Waals surface area contributed by atoms with Crippen LogP contribution in [0, 0.1) is 11.8 Å². The van der Waals surface area contributed by atoms with Crippen molar-refractivity contribution in [3.63, 3.8) is 0 Å². The number of carboxylic acid groups (broad SMARTS) is 1. The van der Waals surface area contributed by atoms with Gasteiger partial charge in [0.05, 0.1) is 11.6 Å². The fourth-order valence-corrected chi connectivity index (χ4v) is 4.07. The van der Waals surface area contributed by atoms with Crippen molar-refractivity contribution in [3.8, 4) is 0 Å². The summed E-state index contributed by atoms with van der Waals surface area (Å²) in [6.07, 6.45) is -1.87. The summed E-state index contributed by atoms with van der Waals surface area (Å²) in [5.74, 6) is -6.37. The highest BCUT2D eigenvalue weighted by Gasteiger charge is 2.46. The lowest BCUT2D eigenvalue weighted by atomic mass is 9.98. The molecule has 3 atom stereocenters. The van der Waals surface area contributed by atoms with E-state index in [-0.39, 0.29) is 24.4 Å². The van der Waals surface area contributed by atoms with Gasteiger partial charge in [-0.1, -0.05) is 39.8 Å². The first-order valence-electron chi connectivity index (χ1n) is 12.2. The minimum absolute atomic E-state index is 0.0868. The number of carbonyl (C=O) groups excluding carboxylic acids is 4. The summed E-state index contributed by atoms with van der Waals surface area (Å²) in [5.41, 5.74) is 0.644. The molecule has 1 aromatic carbocycles. The number of alkyl halides is 3. The molecule has 0 radical (unpaired) electrons. The van der Waals surface area contributed by atoms with E-state index in [2.05, 4.69) is 10.6 Å². The van der Waals surface area contributed by atoms with E-state index in [4.69, 9.17) is 5.11 Å². The Balaban J connectivity index is 2.12. The quantitative estimate of drug-likeness (QED) is 0.392. The Morgan fingerprint density at radius 3 is 2.05 bits per heavy atom. The third-order valence-electron chi connectivity index (χ3n) is 6.18. The number of Topliss-reactive ketones (excluding diaryl/α,β-unsaturated/α-hetero) is 1. The number of halogens is 3. The average molecular weight is 540 g/mol. The Morgan fingerprint density at radius 2 is 1.55 bits per heavy atom. The second kappa shape index (κ2) is 12.7. The molecule has 1 aromatic rings. The molecule has 12 heteroatoms. The van der Waals surface area contributed by atoms with Crippen LogP contribution in [0.3, 0.4) is 0 Å². The number of aromatic carboxylic acids is 1. The number of hydrogen-bond donors (Lipinski definition) is 3. The highest BCUT2D eigenvalue weighted by Crippen LogP contribution is 2.24. The van der Waals surface area contributed by atoms with Crippen LogP contribution in [0.15, 0.2) is 30.3 Å². The molecule has 3 amide bonds. The Kier molecular flexibility index (Phi) is 10.2. The molecule has 0 aromatic heterocycles. The maximum Gasteiger partial charge on any atom is 0.452 e. The molecule has 0 aliphatic carbocycles. The average Bonchev–Trinajstić information content (AvgIpc) is 3.33. The van der Waals surface area contributed by atoms with Gasteiger partial charge in [0.25, 0.3) is 5.78 Å². The van der Waals surface area contributed by atoms with Crippen LogP contribution in [0.2, 0.25) is 0 Å². The topological polar surface area (TPSA) is 133 Å². The minimum Gasteiger partial charge on any atom is -0.478 e. The molecule has 2 rings (SSSR count). The van der Waals surface area contributed by atoms with Crippen molar-refractivity contribution < 1.29 is 42.3 Å². The molecular weight excluding hydrogens is 507 g/mol. The van der Waals surface area contributed by atoms with Gasteiger partial charge < -0.3 is 20.6 Å². The Hall–Kier alpha value is -3.70. The second-order valence-electron chi connectivity index (χ2n) is 9.77. The summed E-state index contributed by atoms with van der Waals surface area (Å²) in [4.78, 5) is 62.7. The van der Waals surface area contributed by atoms with Gasteiger partial charge in [-0.2, -0.15) is 13.2 Å². The van der Waals surface area contributed by atoms with Crippen molar-refractivity contribution in [1.29, 1.82) is 0 Å². The lowest BCUT2D eigenvalue weighted by Crippen LogP contribution is -2.58. The number of carboxylic acids is 1. The summed E-state index contributed by atoms with van der Waals surface area (Å²) in [5, 5.41) is 13.7. The van der Waals surface area contributed by atoms with E-state index >= 15 is 0 Å². The van der Waals surface area contributed by atoms with Crippen molar-refractivity contribution in [2.45, 2.75) is 64.8 Å². The highest BCUT2D eigenvalue weighted by molar-refractivity contribution is 5.98. The Labute approximate surface area is 218 Å². The maximum atomic E-state index is 13.3. The highest BCUT2D eigenvalue weighted by atomic mass is 19.4. The summed E-state index contributed by atoms with van der Waals surface area (Å²) in [6, 6.07) is 1.91. The van der Waals surface area contributed by atoms with Crippen LogP contribution in [-0.2, 0) is 19.2 Å². The number of rotatable bonds is 10. The zero-order valence-electron chi connectivity index (χ0n) is 21.5. The van der Waals surface area contributed by atoms with Gasteiger partial charge in [0.15, 0.2) is 0 Å². The van der Waals surface area contributed by atoms with E-state index in [0.29, 0.717) is 12.0 Å². The van der Waals surface area contributed by atoms with Crippen LogP contribution in [0.4, 0.5) is 13.2 Å². The van der Waals surface area contributed by atoms with Crippen LogP contribution in [0.1, 0.15) is 56.5 Å². The molecule has 0 spiro atoms. The lowest BCUT2D eigenvalue weighted by Gasteiger charge is -2.31. The molecular formula is C26H32F3N3O6. The monoisotopic (exact) mass is 539 g/mol. The van der Waals surface area contributed by atoms with Crippen molar-refractivity contribution in [3.05, 3.63) is 41.5 Å². The molecule has 0 bridgehead atoms. The number of carbonyl (C=O) groups is 5. The Bertz CT molecular complexity index is 1080. The molecule has 1 aliphatic heterocycles. The van der Waals surface area contributed by atoms with E-state index in [1.54, 1.807) is 13.8 Å². The van der Waals surface area contributed by atoms with Gasteiger partial charge in [-0.3, -0.25) is 19.2 Å². The molecule has 3 N–H and O–H groups in total. The normalized spacial score (nSPS) is 17.5. The van der Waals surface area contributed by atoms with Crippen LogP contribution >= 0.6 is 0 Å². The first-order valence-corrected chi connectivity index (χ1v) is 12.2. The largest absolute Gasteiger partial charge is 0.478 e. The van der Waals surface area contributed by atoms with Gasteiger partial charge in [0.2, 0.25) is 17.7 Å². The maximum absolute atomic E-state index is 13.3. The number of benzene rings is 1. The first-order chi connectivity index (χ1) is 17.6. The van der Waals surface area contributed by atoms with Gasteiger partial charge in [-0.15, -0.1) is 0 Å². The molecule has 9 nitrogen and oxygen atoms in total. The SMILES string of the molecule is CC(C)C(NC(=O)C1CCCN1C(=O)[C@@H](NC(=O)/C=C/c1ccc(C(=O)O)cc1)C(C)C)C(=O)C(F)(F)F. The smallest absolute Gasteiger partial charge is 0.452 e. The van der Waals surface area contributed by atoms with Crippen molar-refractivity contribution in [1.82, 2.24) is 15.5 Å². The predicted octanol–water partition coefficient (Wildman–Crippen LogP) is 2.80. The molecule has 1 aliphatic rings. The van der Waals surface area contributed by atoms with Gasteiger partial charge >= 0.3 is 12.1 Å². The molecule has 1 saturated heterocycles. The molecule has 0 saturated carbocycles. The van der Waals surface area contributed by atoms with Crippen molar-refractivity contribution in [2.75, 3.05) is 6.54 Å². The molecule has 2 unspecified atom stereocenters. The van der Waals surface area contributed by atoms with Gasteiger partial charge in [-0.25, -0.2) is 4.79 Å². The summed E-state index contributed by atoms with van der Waals surface area (Å²) >= 11 is 0. The third kappa shape index (κ3) is 7.90. The molecule has 1 heterocycles. The van der Waals surface area contributed by atoms with Crippen LogP contribution in [-0.4, -0.2) is 70.3 Å². The number of likely N-dealkylation sites (tertiary alicyclic amines) is 1. The minimum atomic E-state index is -5.12. The number of amides is 3. The zero-order chi connectivity index (χ0) is 28.8. The van der Waals surface area contributed by atoms with Gasteiger partial charge in [0, 0.05) is 12.6 Å². The predicted molar refractivity (Wildman–Crippen MR) is 132 cm³/mol. The van der Waals surface area contributed by atoms with Crippen molar-refractivity contribution in [2.24, 2.45) is 11.8 Å². The fraction of sp³-hybridized carbons (Fsp3) is 0.500. The second-order valence-corrected chi connectivity index (χ2v) is 9.77. The van der Waals surface area contributed by atoms with Crippen molar-refractivity contribution >= 4 is 35.6 Å². The Morgan fingerprint density at radius 1 is 0.974 bits per heavy atom. The number of nitrogens with one attached hydrogen (secondary N) is 2. The number of nitrogens with zero attached hydrogens (tertiary/aromatic N) is 1. The van der Waals surface area contributed by atoms with E-state index in [1.807, 2.05) is 0 Å². The standard InChI is InChI=1S/C26H32F3N3O6/c1-14(2)20(22(34)26(27,28)29)31-23(35)18-6-5-13-32(18)24(36)21(15(3)4)30-19(33)12-9-16-7-10-17(11-8-16)25(37)38/h7-12,14-15,18,20-21H,5-6,13H2,1-4H3,(H,30,33)(H,31,35)(H,37,38)/b12-9+/t18?,20?,21-/m0/s1. The summed E-state index contributed by atoms with van der Waals surface area (Å²) in [6.45, 7) is 6.31. The van der Waals surface area contributed by atoms with E-state index < -0.39 is 59.7 Å². The molecule has 38 heavy (non-hydrogen) atoms. The van der Waals surface area contributed by atoms with Crippen LogP contribution in [0.25, 0.3) is 6.08 Å². The summed E-state index contributed by atoms with van der Waals surface area (Å²) in [7, 11) is 0. The van der Waals surface area contributed by atoms with E-state index in [9.17, 15) is 37.1 Å². The van der Waals surface area contributed by atoms with E-state index in [1.165, 1.54) is 55.2 Å². The van der Waals surface area contributed by atoms with Crippen LogP contribution in [0.5, 0.6) is 0 Å². The summed E-state index contributed by atoms with van der Waals surface area (Å²) < 4.78 is 39.0. The number of ketones is 1. The lowest BCUT2D eigenvalue weighted by molar-refractivity contribution is -0.175. The molecule has 208 valence electrons. The molecule has 1 fully saturated rings. The third-order valence-corrected chi connectivity index (χ3v) is 6.18.